The van der Waals surface area contributed by atoms with E-state index >= 15 is 0 Å². The predicted molar refractivity (Wildman–Crippen MR) is 46.7 cm³/mol. The predicted octanol–water partition coefficient (Wildman–Crippen LogP) is -0.201. The molecule has 0 spiro atoms. The molecule has 0 bridgehead atoms. The first-order valence-electron chi connectivity index (χ1n) is 2.46. The van der Waals surface area contributed by atoms with Crippen molar-refractivity contribution >= 4 is 46.3 Å². The summed E-state index contributed by atoms with van der Waals surface area (Å²) >= 11 is 11.3. The Morgan fingerprint density at radius 1 is 1.00 bits per heavy atom. The van der Waals surface area contributed by atoms with Crippen molar-refractivity contribution in [2.45, 2.75) is 0 Å². The van der Waals surface area contributed by atoms with Gasteiger partial charge in [0, 0.05) is 0 Å². The summed E-state index contributed by atoms with van der Waals surface area (Å²) in [6.07, 6.45) is 0. The van der Waals surface area contributed by atoms with Crippen molar-refractivity contribution in [1.82, 2.24) is 0 Å². The molecule has 1 rings (SSSR count). The zero-order valence-electron chi connectivity index (χ0n) is 5.78. The van der Waals surface area contributed by atoms with Crippen LogP contribution in [0.15, 0.2) is 18.2 Å². The normalized spacial score (nSPS) is 7.82. The van der Waals surface area contributed by atoms with Gasteiger partial charge in [-0.05, 0) is 16.1 Å². The fraction of sp³-hybridized carbons (Fsp3) is 0. The molecule has 0 heterocycles. The van der Waals surface area contributed by atoms with Crippen molar-refractivity contribution in [1.29, 1.82) is 0 Å². The van der Waals surface area contributed by atoms with Crippen molar-refractivity contribution in [2.75, 3.05) is 0 Å². The van der Waals surface area contributed by atoms with Crippen LogP contribution in [0.4, 0.5) is 0 Å². The van der Waals surface area contributed by atoms with Gasteiger partial charge in [-0.25, -0.2) is 0 Å². The van der Waals surface area contributed by atoms with Crippen LogP contribution in [0.1, 0.15) is 5.56 Å². The Hall–Kier alpha value is 0.916. The summed E-state index contributed by atoms with van der Waals surface area (Å²) in [5, 5.41) is 1.26. The van der Waals surface area contributed by atoms with E-state index in [1.165, 1.54) is 0 Å². The molecule has 1 aromatic carbocycles. The molecule has 4 heteroatoms. The summed E-state index contributed by atoms with van der Waals surface area (Å²) in [6, 6.07) is 5.19. The van der Waals surface area contributed by atoms with Crippen LogP contribution >= 0.6 is 23.2 Å². The van der Waals surface area contributed by atoms with Gasteiger partial charge in [0.05, 0.1) is 0 Å². The smallest absolute Gasteiger partial charge is 1.00 e. The van der Waals surface area contributed by atoms with Crippen LogP contribution in [-0.4, -0.2) is 23.1 Å². The first kappa shape index (κ1) is 14.4. The fourth-order valence-corrected chi connectivity index (χ4v) is 1.18. The molecule has 0 radical (unpaired) electrons. The average Bonchev–Trinajstić information content (AvgIpc) is 1.59. The van der Waals surface area contributed by atoms with E-state index in [-0.39, 0.29) is 40.0 Å². The Kier molecular flexibility index (Phi) is 8.45. The van der Waals surface area contributed by atoms with E-state index in [0.29, 0.717) is 10.0 Å². The number of hydrogen-bond acceptors (Lipinski definition) is 0. The summed E-state index contributed by atoms with van der Waals surface area (Å²) in [6.45, 7) is 3.67. The molecular weight excluding hydrogens is 259 g/mol. The molecule has 0 unspecified atom stereocenters. The Morgan fingerprint density at radius 3 is 1.64 bits per heavy atom. The molecular formula is C7H5BrCl2Mg. The average molecular weight is 264 g/mol. The molecule has 0 aliphatic rings. The number of rotatable bonds is 0. The minimum Gasteiger partial charge on any atom is -1.00 e. The van der Waals surface area contributed by atoms with Crippen molar-refractivity contribution in [3.8, 4) is 0 Å². The zero-order valence-corrected chi connectivity index (χ0v) is 10.3. The van der Waals surface area contributed by atoms with Crippen LogP contribution in [0, 0.1) is 6.92 Å². The van der Waals surface area contributed by atoms with E-state index in [1.807, 2.05) is 0 Å². The second kappa shape index (κ2) is 6.43. The third-order valence-corrected chi connectivity index (χ3v) is 1.36. The van der Waals surface area contributed by atoms with E-state index < -0.39 is 0 Å². The maximum Gasteiger partial charge on any atom is 2.00 e. The number of benzene rings is 1. The monoisotopic (exact) mass is 262 g/mol. The van der Waals surface area contributed by atoms with Gasteiger partial charge < -0.3 is 17.0 Å². The minimum atomic E-state index is 0. The van der Waals surface area contributed by atoms with Gasteiger partial charge in [-0.1, -0.05) is 23.2 Å². The molecule has 0 aliphatic carbocycles. The molecule has 0 N–H and O–H groups in total. The number of halogens is 3. The van der Waals surface area contributed by atoms with Crippen LogP contribution in [0.5, 0.6) is 0 Å². The maximum atomic E-state index is 5.63. The van der Waals surface area contributed by atoms with Gasteiger partial charge in [0.2, 0.25) is 0 Å². The van der Waals surface area contributed by atoms with Crippen LogP contribution in [0.25, 0.3) is 0 Å². The van der Waals surface area contributed by atoms with E-state index in [0.717, 1.165) is 5.56 Å². The first-order valence-corrected chi connectivity index (χ1v) is 3.22. The second-order valence-corrected chi connectivity index (χ2v) is 2.65. The van der Waals surface area contributed by atoms with Crippen LogP contribution in [0.2, 0.25) is 10.0 Å². The molecule has 0 fully saturated rings. The molecule has 11 heavy (non-hydrogen) atoms. The van der Waals surface area contributed by atoms with Gasteiger partial charge >= 0.3 is 23.1 Å². The molecule has 0 saturated heterocycles. The number of hydrogen-bond donors (Lipinski definition) is 0. The van der Waals surface area contributed by atoms with Crippen molar-refractivity contribution in [2.24, 2.45) is 0 Å². The first-order chi connectivity index (χ1) is 4.18. The fourth-order valence-electron chi connectivity index (χ4n) is 0.611. The van der Waals surface area contributed by atoms with Crippen LogP contribution < -0.4 is 17.0 Å². The van der Waals surface area contributed by atoms with Gasteiger partial charge in [-0.3, -0.25) is 0 Å². The summed E-state index contributed by atoms with van der Waals surface area (Å²) in [5.41, 5.74) is 0.840. The summed E-state index contributed by atoms with van der Waals surface area (Å²) in [4.78, 5) is 0. The Balaban J connectivity index is 0. The quantitative estimate of drug-likeness (QED) is 0.450. The summed E-state index contributed by atoms with van der Waals surface area (Å²) < 4.78 is 0. The van der Waals surface area contributed by atoms with Crippen LogP contribution in [-0.2, 0) is 0 Å². The van der Waals surface area contributed by atoms with E-state index in [2.05, 4.69) is 6.92 Å². The molecule has 0 nitrogen and oxygen atoms in total. The van der Waals surface area contributed by atoms with Crippen molar-refractivity contribution in [3.05, 3.63) is 40.7 Å². The Bertz CT molecular complexity index is 177. The van der Waals surface area contributed by atoms with Crippen molar-refractivity contribution < 1.29 is 17.0 Å². The van der Waals surface area contributed by atoms with Gasteiger partial charge in [0.1, 0.15) is 0 Å². The van der Waals surface area contributed by atoms with E-state index in [1.54, 1.807) is 18.2 Å². The summed E-state index contributed by atoms with van der Waals surface area (Å²) in [5.74, 6) is 0. The molecule has 0 atom stereocenters. The zero-order chi connectivity index (χ0) is 6.85. The minimum absolute atomic E-state index is 0. The molecule has 0 aliphatic heterocycles. The topological polar surface area (TPSA) is 0 Å². The Morgan fingerprint density at radius 2 is 1.36 bits per heavy atom. The molecule has 0 amide bonds. The molecule has 0 aromatic heterocycles. The van der Waals surface area contributed by atoms with E-state index in [9.17, 15) is 0 Å². The van der Waals surface area contributed by atoms with Gasteiger partial charge in [-0.15, -0.1) is 12.1 Å². The third kappa shape index (κ3) is 5.20. The molecule has 0 saturated carbocycles. The standard InChI is InChI=1S/C7H5Cl2.BrH.Mg/c1-5-2-6(8)4-7(9)3-5;;/h2-4H,1H2;1H;/q-1;;+2/p-1. The largest absolute Gasteiger partial charge is 2.00 e. The SMILES string of the molecule is [Br-].[CH2-]c1cc(Cl)cc(Cl)c1.[Mg+2]. The van der Waals surface area contributed by atoms with E-state index in [4.69, 9.17) is 23.2 Å². The van der Waals surface area contributed by atoms with Crippen molar-refractivity contribution in [3.63, 3.8) is 0 Å². The molecule has 56 valence electrons. The van der Waals surface area contributed by atoms with Gasteiger partial charge in [-0.2, -0.15) is 12.5 Å². The Labute approximate surface area is 103 Å². The van der Waals surface area contributed by atoms with Crippen LogP contribution in [0.3, 0.4) is 0 Å². The summed E-state index contributed by atoms with van der Waals surface area (Å²) in [7, 11) is 0. The van der Waals surface area contributed by atoms with Gasteiger partial charge in [0.15, 0.2) is 0 Å². The maximum absolute atomic E-state index is 5.63. The van der Waals surface area contributed by atoms with Gasteiger partial charge in [0.25, 0.3) is 0 Å². The molecule has 1 aromatic rings. The second-order valence-electron chi connectivity index (χ2n) is 1.78. The third-order valence-electron chi connectivity index (χ3n) is 0.922.